The van der Waals surface area contributed by atoms with Crippen LogP contribution in [0.25, 0.3) is 11.3 Å². The second-order valence-electron chi connectivity index (χ2n) is 8.70. The Kier molecular flexibility index (Phi) is 8.98. The lowest BCUT2D eigenvalue weighted by molar-refractivity contribution is 0.259. The van der Waals surface area contributed by atoms with Crippen molar-refractivity contribution < 1.29 is 4.74 Å². The fraction of sp³-hybridized carbons (Fsp3) is 0.615. The fourth-order valence-corrected chi connectivity index (χ4v) is 4.40. The van der Waals surface area contributed by atoms with Gasteiger partial charge in [-0.3, -0.25) is 0 Å². The topological polar surface area (TPSA) is 35.0 Å². The average molecular weight is 395 g/mol. The molecule has 3 heteroatoms. The van der Waals surface area contributed by atoms with Gasteiger partial charge in [0.05, 0.1) is 12.3 Å². The van der Waals surface area contributed by atoms with E-state index >= 15 is 0 Å². The molecule has 0 aliphatic heterocycles. The Morgan fingerprint density at radius 3 is 2.24 bits per heavy atom. The maximum Gasteiger partial charge on any atom is 0.233 e. The molecule has 2 aromatic rings. The molecule has 0 saturated heterocycles. The highest BCUT2D eigenvalue weighted by atomic mass is 16.5. The van der Waals surface area contributed by atoms with Gasteiger partial charge in [-0.15, -0.1) is 10.2 Å². The van der Waals surface area contributed by atoms with Crippen molar-refractivity contribution in [2.75, 3.05) is 6.61 Å². The van der Waals surface area contributed by atoms with E-state index in [1.807, 2.05) is 12.1 Å². The summed E-state index contributed by atoms with van der Waals surface area (Å²) in [6.45, 7) is 5.28. The molecule has 1 aliphatic carbocycles. The third-order valence-electron chi connectivity index (χ3n) is 6.52. The molecule has 1 saturated carbocycles. The van der Waals surface area contributed by atoms with Crippen LogP contribution in [-0.2, 0) is 6.42 Å². The summed E-state index contributed by atoms with van der Waals surface area (Å²) in [5.41, 5.74) is 3.47. The van der Waals surface area contributed by atoms with Gasteiger partial charge in [-0.05, 0) is 42.7 Å². The van der Waals surface area contributed by atoms with Crippen LogP contribution in [0.4, 0.5) is 0 Å². The van der Waals surface area contributed by atoms with Crippen LogP contribution in [-0.4, -0.2) is 16.8 Å². The minimum absolute atomic E-state index is 0.625. The molecular formula is C26H38N2O. The van der Waals surface area contributed by atoms with E-state index in [0.717, 1.165) is 36.1 Å². The number of aryl methyl sites for hydroxylation is 1. The lowest BCUT2D eigenvalue weighted by Crippen LogP contribution is -2.14. The van der Waals surface area contributed by atoms with Gasteiger partial charge in [-0.1, -0.05) is 89.5 Å². The van der Waals surface area contributed by atoms with E-state index < -0.39 is 0 Å². The van der Waals surface area contributed by atoms with Crippen molar-refractivity contribution in [3.05, 3.63) is 42.0 Å². The van der Waals surface area contributed by atoms with Crippen molar-refractivity contribution in [3.8, 4) is 17.1 Å². The Balaban J connectivity index is 1.43. The second kappa shape index (κ2) is 11.9. The molecule has 0 N–H and O–H groups in total. The molecule has 0 spiro atoms. The predicted molar refractivity (Wildman–Crippen MR) is 121 cm³/mol. The van der Waals surface area contributed by atoms with Crippen LogP contribution in [0.5, 0.6) is 5.88 Å². The maximum atomic E-state index is 5.69. The standard InChI is InChI=1S/C26H38N2O/c1-3-5-6-7-20-29-26-19-18-25(27-28-26)24-16-14-23(15-17-24)13-12-22-10-8-21(4-2)9-11-22/h14-19,21-22H,3-13,20H2,1-2H3. The van der Waals surface area contributed by atoms with Crippen molar-refractivity contribution in [2.24, 2.45) is 11.8 Å². The van der Waals surface area contributed by atoms with Crippen LogP contribution in [0, 0.1) is 11.8 Å². The number of unbranched alkanes of at least 4 members (excludes halogenated alkanes) is 3. The normalized spacial score (nSPS) is 19.2. The molecule has 0 atom stereocenters. The van der Waals surface area contributed by atoms with Crippen LogP contribution in [0.15, 0.2) is 36.4 Å². The van der Waals surface area contributed by atoms with Gasteiger partial charge in [-0.25, -0.2) is 0 Å². The van der Waals surface area contributed by atoms with E-state index in [2.05, 4.69) is 48.3 Å². The van der Waals surface area contributed by atoms with Gasteiger partial charge in [0.1, 0.15) is 0 Å². The molecule has 0 amide bonds. The zero-order valence-electron chi connectivity index (χ0n) is 18.4. The van der Waals surface area contributed by atoms with Crippen LogP contribution in [0.1, 0.15) is 83.6 Å². The van der Waals surface area contributed by atoms with E-state index in [4.69, 9.17) is 4.74 Å². The lowest BCUT2D eigenvalue weighted by atomic mass is 9.78. The molecule has 158 valence electrons. The van der Waals surface area contributed by atoms with Crippen LogP contribution >= 0.6 is 0 Å². The van der Waals surface area contributed by atoms with Crippen molar-refractivity contribution in [1.29, 1.82) is 0 Å². The molecule has 1 aromatic heterocycles. The molecule has 3 rings (SSSR count). The summed E-state index contributed by atoms with van der Waals surface area (Å²) in [4.78, 5) is 0. The molecule has 0 unspecified atom stereocenters. The number of benzene rings is 1. The zero-order chi connectivity index (χ0) is 20.3. The highest BCUT2D eigenvalue weighted by molar-refractivity contribution is 5.59. The Morgan fingerprint density at radius 2 is 1.59 bits per heavy atom. The van der Waals surface area contributed by atoms with Crippen molar-refractivity contribution >= 4 is 0 Å². The number of rotatable bonds is 11. The molecule has 1 aromatic carbocycles. The molecule has 0 radical (unpaired) electrons. The summed E-state index contributed by atoms with van der Waals surface area (Å²) in [5, 5.41) is 8.59. The van der Waals surface area contributed by atoms with E-state index in [0.29, 0.717) is 5.88 Å². The first-order valence-electron chi connectivity index (χ1n) is 11.8. The Hall–Kier alpha value is -1.90. The Morgan fingerprint density at radius 1 is 0.828 bits per heavy atom. The van der Waals surface area contributed by atoms with Crippen molar-refractivity contribution in [2.45, 2.75) is 84.5 Å². The first-order chi connectivity index (χ1) is 14.3. The molecule has 3 nitrogen and oxygen atoms in total. The monoisotopic (exact) mass is 394 g/mol. The van der Waals surface area contributed by atoms with Gasteiger partial charge in [0.2, 0.25) is 5.88 Å². The quantitative estimate of drug-likeness (QED) is 0.376. The van der Waals surface area contributed by atoms with Crippen molar-refractivity contribution in [1.82, 2.24) is 10.2 Å². The molecule has 1 fully saturated rings. The van der Waals surface area contributed by atoms with Crippen LogP contribution in [0.2, 0.25) is 0 Å². The summed E-state index contributed by atoms with van der Waals surface area (Å²) in [7, 11) is 0. The van der Waals surface area contributed by atoms with Gasteiger partial charge in [-0.2, -0.15) is 0 Å². The first-order valence-corrected chi connectivity index (χ1v) is 11.8. The van der Waals surface area contributed by atoms with Crippen molar-refractivity contribution in [3.63, 3.8) is 0 Å². The first kappa shape index (κ1) is 21.8. The van der Waals surface area contributed by atoms with Crippen LogP contribution < -0.4 is 4.74 Å². The summed E-state index contributed by atoms with van der Waals surface area (Å²) in [6.07, 6.45) is 14.4. The van der Waals surface area contributed by atoms with Gasteiger partial charge in [0.25, 0.3) is 0 Å². The Labute approximate surface area is 177 Å². The third-order valence-corrected chi connectivity index (χ3v) is 6.52. The lowest BCUT2D eigenvalue weighted by Gasteiger charge is -2.27. The smallest absolute Gasteiger partial charge is 0.233 e. The van der Waals surface area contributed by atoms with E-state index in [9.17, 15) is 0 Å². The maximum absolute atomic E-state index is 5.69. The van der Waals surface area contributed by atoms with E-state index in [1.165, 1.54) is 69.8 Å². The highest BCUT2D eigenvalue weighted by Crippen LogP contribution is 2.33. The average Bonchev–Trinajstić information content (AvgIpc) is 2.79. The van der Waals surface area contributed by atoms with Gasteiger partial charge in [0.15, 0.2) is 0 Å². The van der Waals surface area contributed by atoms with Gasteiger partial charge in [0, 0.05) is 11.6 Å². The minimum Gasteiger partial charge on any atom is -0.477 e. The minimum atomic E-state index is 0.625. The number of aromatic nitrogens is 2. The summed E-state index contributed by atoms with van der Waals surface area (Å²) >= 11 is 0. The summed E-state index contributed by atoms with van der Waals surface area (Å²) in [5.74, 6) is 2.54. The number of nitrogens with zero attached hydrogens (tertiary/aromatic N) is 2. The molecule has 1 heterocycles. The SMILES string of the molecule is CCCCCCOc1ccc(-c2ccc(CCC3CCC(CC)CC3)cc2)nn1. The molecular weight excluding hydrogens is 356 g/mol. The highest BCUT2D eigenvalue weighted by Gasteiger charge is 2.19. The van der Waals surface area contributed by atoms with Gasteiger partial charge >= 0.3 is 0 Å². The summed E-state index contributed by atoms with van der Waals surface area (Å²) in [6, 6.07) is 12.8. The molecule has 0 bridgehead atoms. The molecule has 1 aliphatic rings. The van der Waals surface area contributed by atoms with Gasteiger partial charge < -0.3 is 4.74 Å². The largest absolute Gasteiger partial charge is 0.477 e. The predicted octanol–water partition coefficient (Wildman–Crippen LogP) is 7.25. The van der Waals surface area contributed by atoms with Crippen LogP contribution in [0.3, 0.4) is 0 Å². The zero-order valence-corrected chi connectivity index (χ0v) is 18.4. The number of hydrogen-bond acceptors (Lipinski definition) is 3. The van der Waals surface area contributed by atoms with E-state index in [1.54, 1.807) is 0 Å². The molecule has 29 heavy (non-hydrogen) atoms. The number of ether oxygens (including phenoxy) is 1. The third kappa shape index (κ3) is 7.13. The fourth-order valence-electron chi connectivity index (χ4n) is 4.40. The number of hydrogen-bond donors (Lipinski definition) is 0. The van der Waals surface area contributed by atoms with E-state index in [-0.39, 0.29) is 0 Å². The second-order valence-corrected chi connectivity index (χ2v) is 8.70. The Bertz CT molecular complexity index is 688. The summed E-state index contributed by atoms with van der Waals surface area (Å²) < 4.78 is 5.69.